The van der Waals surface area contributed by atoms with Gasteiger partial charge in [0.1, 0.15) is 24.2 Å². The average molecular weight is 464 g/mol. The van der Waals surface area contributed by atoms with E-state index in [1.54, 1.807) is 24.3 Å². The lowest BCUT2D eigenvalue weighted by Gasteiger charge is -2.21. The summed E-state index contributed by atoms with van der Waals surface area (Å²) in [5, 5.41) is 16.2. The first kappa shape index (κ1) is 23.8. The molecule has 10 heteroatoms. The van der Waals surface area contributed by atoms with Crippen LogP contribution in [0.3, 0.4) is 0 Å². The maximum Gasteiger partial charge on any atom is 0.229 e. The van der Waals surface area contributed by atoms with Gasteiger partial charge >= 0.3 is 0 Å². The Balaban J connectivity index is 1.29. The summed E-state index contributed by atoms with van der Waals surface area (Å²) in [4.78, 5) is 11.5. The van der Waals surface area contributed by atoms with E-state index in [4.69, 9.17) is 9.47 Å². The smallest absolute Gasteiger partial charge is 0.229 e. The number of fused-ring (bicyclic) bond motifs is 1. The lowest BCUT2D eigenvalue weighted by molar-refractivity contribution is -0.116. The summed E-state index contributed by atoms with van der Waals surface area (Å²) in [6, 6.07) is 12.2. The molecule has 4 N–H and O–H groups in total. The van der Waals surface area contributed by atoms with Crippen LogP contribution < -0.4 is 24.8 Å². The molecule has 2 aromatic rings. The van der Waals surface area contributed by atoms with Crippen LogP contribution in [-0.2, 0) is 21.2 Å². The third kappa shape index (κ3) is 7.70. The Kier molecular flexibility index (Phi) is 8.32. The van der Waals surface area contributed by atoms with Crippen molar-refractivity contribution in [2.75, 3.05) is 42.6 Å². The van der Waals surface area contributed by atoms with Crippen LogP contribution in [0, 0.1) is 0 Å². The lowest BCUT2D eigenvalue weighted by atomic mass is 10.0. The van der Waals surface area contributed by atoms with E-state index in [1.807, 2.05) is 18.2 Å². The molecule has 1 aliphatic heterocycles. The predicted molar refractivity (Wildman–Crippen MR) is 123 cm³/mol. The molecule has 32 heavy (non-hydrogen) atoms. The number of hydrogen-bond donors (Lipinski definition) is 4. The van der Waals surface area contributed by atoms with Gasteiger partial charge in [-0.05, 0) is 55.8 Å². The largest absolute Gasteiger partial charge is 0.494 e. The molecular weight excluding hydrogens is 434 g/mol. The van der Waals surface area contributed by atoms with Gasteiger partial charge in [-0.1, -0.05) is 6.07 Å². The van der Waals surface area contributed by atoms with Crippen molar-refractivity contribution in [2.24, 2.45) is 0 Å². The van der Waals surface area contributed by atoms with Gasteiger partial charge in [-0.2, -0.15) is 0 Å². The maximum absolute atomic E-state index is 11.5. The fraction of sp³-hybridized carbons (Fsp3) is 0.409. The van der Waals surface area contributed by atoms with Gasteiger partial charge in [-0.3, -0.25) is 9.52 Å². The Labute approximate surface area is 188 Å². The average Bonchev–Trinajstić information content (AvgIpc) is 2.74. The molecule has 1 atom stereocenters. The van der Waals surface area contributed by atoms with E-state index in [0.29, 0.717) is 49.7 Å². The van der Waals surface area contributed by atoms with Gasteiger partial charge in [0.25, 0.3) is 0 Å². The first-order valence-electron chi connectivity index (χ1n) is 10.4. The van der Waals surface area contributed by atoms with E-state index in [-0.39, 0.29) is 12.5 Å². The van der Waals surface area contributed by atoms with Crippen molar-refractivity contribution in [3.05, 3.63) is 48.0 Å². The van der Waals surface area contributed by atoms with Gasteiger partial charge in [-0.25, -0.2) is 8.42 Å². The molecule has 9 nitrogen and oxygen atoms in total. The van der Waals surface area contributed by atoms with Crippen molar-refractivity contribution in [1.29, 1.82) is 0 Å². The Morgan fingerprint density at radius 1 is 1.12 bits per heavy atom. The van der Waals surface area contributed by atoms with Crippen molar-refractivity contribution < 1.29 is 27.8 Å². The topological polar surface area (TPSA) is 126 Å². The zero-order chi connectivity index (χ0) is 23.0. The van der Waals surface area contributed by atoms with Crippen LogP contribution in [0.25, 0.3) is 0 Å². The van der Waals surface area contributed by atoms with Gasteiger partial charge in [-0.15, -0.1) is 0 Å². The van der Waals surface area contributed by atoms with Crippen molar-refractivity contribution in [2.45, 2.75) is 25.4 Å². The molecule has 2 aromatic carbocycles. The van der Waals surface area contributed by atoms with Crippen molar-refractivity contribution >= 4 is 27.3 Å². The molecule has 0 fully saturated rings. The maximum atomic E-state index is 11.5. The Bertz CT molecular complexity index is 1010. The highest BCUT2D eigenvalue weighted by Gasteiger charge is 2.18. The number of ether oxygens (including phenoxy) is 2. The molecule has 174 valence electrons. The first-order valence-corrected chi connectivity index (χ1v) is 12.3. The minimum atomic E-state index is -3.29. The van der Waals surface area contributed by atoms with Crippen molar-refractivity contribution in [3.63, 3.8) is 0 Å². The number of nitrogens with one attached hydrogen (secondary N) is 3. The lowest BCUT2D eigenvalue weighted by Crippen LogP contribution is -2.32. The fourth-order valence-electron chi connectivity index (χ4n) is 3.26. The number of carbonyl (C=O) groups excluding carboxylic acids is 1. The Morgan fingerprint density at radius 3 is 2.66 bits per heavy atom. The number of amides is 1. The number of benzene rings is 2. The summed E-state index contributed by atoms with van der Waals surface area (Å²) in [6.45, 7) is 1.69. The molecule has 3 rings (SSSR count). The standard InChI is InChI=1S/C22H29N3O6S/c1-32(28,29)25-16-6-8-18(9-7-16)30-13-3-12-23-14-17(26)15-31-21-5-2-4-20-19(21)10-11-22(27)24-20/h2,4-9,17,23,25-26H,3,10-15H2,1H3,(H,24,27). The van der Waals surface area contributed by atoms with Gasteiger partial charge in [0, 0.05) is 29.9 Å². The summed E-state index contributed by atoms with van der Waals surface area (Å²) in [5.74, 6) is 1.34. The van der Waals surface area contributed by atoms with E-state index in [0.717, 1.165) is 23.9 Å². The number of carbonyl (C=O) groups is 1. The van der Waals surface area contributed by atoms with Crippen LogP contribution in [-0.4, -0.2) is 58.1 Å². The number of anilines is 2. The molecule has 0 bridgehead atoms. The number of aliphatic hydroxyl groups is 1. The second kappa shape index (κ2) is 11.2. The van der Waals surface area contributed by atoms with E-state index in [1.165, 1.54) is 0 Å². The molecule has 1 heterocycles. The summed E-state index contributed by atoms with van der Waals surface area (Å²) >= 11 is 0. The SMILES string of the molecule is CS(=O)(=O)Nc1ccc(OCCCNCC(O)COc2cccc3c2CCC(=O)N3)cc1. The minimum absolute atomic E-state index is 0.00355. The number of hydrogen-bond acceptors (Lipinski definition) is 7. The molecule has 0 radical (unpaired) electrons. The fourth-order valence-corrected chi connectivity index (χ4v) is 3.83. The molecule has 0 saturated heterocycles. The van der Waals surface area contributed by atoms with Crippen LogP contribution in [0.2, 0.25) is 0 Å². The van der Waals surface area contributed by atoms with Crippen LogP contribution in [0.1, 0.15) is 18.4 Å². The zero-order valence-electron chi connectivity index (χ0n) is 18.0. The monoisotopic (exact) mass is 463 g/mol. The van der Waals surface area contributed by atoms with E-state index < -0.39 is 16.1 Å². The third-order valence-electron chi connectivity index (χ3n) is 4.74. The molecule has 1 unspecified atom stereocenters. The Hall–Kier alpha value is -2.82. The van der Waals surface area contributed by atoms with Crippen LogP contribution in [0.4, 0.5) is 11.4 Å². The molecule has 1 aliphatic rings. The summed E-state index contributed by atoms with van der Waals surface area (Å²) in [6.07, 6.45) is 2.23. The first-order chi connectivity index (χ1) is 15.3. The normalized spacial score (nSPS) is 14.2. The summed E-state index contributed by atoms with van der Waals surface area (Å²) < 4.78 is 36.2. The summed E-state index contributed by atoms with van der Waals surface area (Å²) in [7, 11) is -3.29. The highest BCUT2D eigenvalue weighted by atomic mass is 32.2. The number of sulfonamides is 1. The van der Waals surface area contributed by atoms with Gasteiger partial charge in [0.15, 0.2) is 0 Å². The number of aliphatic hydroxyl groups excluding tert-OH is 1. The van der Waals surface area contributed by atoms with Gasteiger partial charge in [0.05, 0.1) is 12.9 Å². The van der Waals surface area contributed by atoms with Crippen molar-refractivity contribution in [3.8, 4) is 11.5 Å². The Morgan fingerprint density at radius 2 is 1.91 bits per heavy atom. The quantitative estimate of drug-likeness (QED) is 0.353. The van der Waals surface area contributed by atoms with Gasteiger partial charge in [0.2, 0.25) is 15.9 Å². The van der Waals surface area contributed by atoms with Crippen LogP contribution in [0.15, 0.2) is 42.5 Å². The van der Waals surface area contributed by atoms with Crippen LogP contribution >= 0.6 is 0 Å². The van der Waals surface area contributed by atoms with E-state index in [2.05, 4.69) is 15.4 Å². The molecular formula is C22H29N3O6S. The molecule has 0 spiro atoms. The predicted octanol–water partition coefficient (Wildman–Crippen LogP) is 1.74. The second-order valence-electron chi connectivity index (χ2n) is 7.60. The second-order valence-corrected chi connectivity index (χ2v) is 9.35. The van der Waals surface area contributed by atoms with E-state index >= 15 is 0 Å². The molecule has 1 amide bonds. The highest BCUT2D eigenvalue weighted by molar-refractivity contribution is 7.92. The van der Waals surface area contributed by atoms with Crippen molar-refractivity contribution in [1.82, 2.24) is 5.32 Å². The molecule has 0 saturated carbocycles. The summed E-state index contributed by atoms with van der Waals surface area (Å²) in [5.41, 5.74) is 2.22. The van der Waals surface area contributed by atoms with Gasteiger partial charge < -0.3 is 25.2 Å². The number of rotatable bonds is 12. The minimum Gasteiger partial charge on any atom is -0.494 e. The third-order valence-corrected chi connectivity index (χ3v) is 5.35. The molecule has 0 aliphatic carbocycles. The zero-order valence-corrected chi connectivity index (χ0v) is 18.8. The van der Waals surface area contributed by atoms with E-state index in [9.17, 15) is 18.3 Å². The van der Waals surface area contributed by atoms with Crippen LogP contribution in [0.5, 0.6) is 11.5 Å². The highest BCUT2D eigenvalue weighted by Crippen LogP contribution is 2.31. The molecule has 0 aromatic heterocycles.